The molecule has 172 valence electrons. The molecule has 0 saturated carbocycles. The van der Waals surface area contributed by atoms with Gasteiger partial charge >= 0.3 is 0 Å². The van der Waals surface area contributed by atoms with Crippen LogP contribution in [0.15, 0.2) is 78.9 Å². The lowest BCUT2D eigenvalue weighted by molar-refractivity contribution is 0.636. The molecule has 0 aliphatic heterocycles. The molecule has 0 fully saturated rings. The number of aryl methyl sites for hydroxylation is 4. The molecule has 4 aromatic rings. The first-order chi connectivity index (χ1) is 16.7. The number of unbranched alkanes of at least 4 members (excludes halogenated alkanes) is 1. The Bertz CT molecular complexity index is 1280. The smallest absolute Gasteiger partial charge is 0.146 e. The minimum atomic E-state index is -0.234. The van der Waals surface area contributed by atoms with Gasteiger partial charge in [-0.1, -0.05) is 99.2 Å². The third-order valence-corrected chi connectivity index (χ3v) is 6.40. The molecule has 4 aromatic carbocycles. The van der Waals surface area contributed by atoms with Crippen molar-refractivity contribution in [1.29, 1.82) is 0 Å². The lowest BCUT2D eigenvalue weighted by Gasteiger charge is -2.07. The molecular formula is C33H33F. The molecule has 0 heterocycles. The molecule has 0 bridgehead atoms. The van der Waals surface area contributed by atoms with E-state index in [2.05, 4.69) is 68.2 Å². The van der Waals surface area contributed by atoms with Crippen LogP contribution >= 0.6 is 0 Å². The van der Waals surface area contributed by atoms with Gasteiger partial charge < -0.3 is 0 Å². The van der Waals surface area contributed by atoms with Crippen molar-refractivity contribution in [3.8, 4) is 11.8 Å². The van der Waals surface area contributed by atoms with Gasteiger partial charge in [0.2, 0.25) is 0 Å². The van der Waals surface area contributed by atoms with Gasteiger partial charge in [0.25, 0.3) is 0 Å². The molecule has 1 heteroatoms. The van der Waals surface area contributed by atoms with Crippen molar-refractivity contribution in [3.63, 3.8) is 0 Å². The summed E-state index contributed by atoms with van der Waals surface area (Å²) in [6, 6.07) is 27.1. The zero-order valence-electron chi connectivity index (χ0n) is 20.3. The van der Waals surface area contributed by atoms with Crippen molar-refractivity contribution in [2.75, 3.05) is 0 Å². The Hall–Kier alpha value is -3.37. The predicted octanol–water partition coefficient (Wildman–Crippen LogP) is 8.46. The van der Waals surface area contributed by atoms with Crippen LogP contribution in [0.25, 0.3) is 10.8 Å². The lowest BCUT2D eigenvalue weighted by atomic mass is 9.98. The average molecular weight is 449 g/mol. The maximum absolute atomic E-state index is 15.1. The molecule has 0 spiro atoms. The predicted molar refractivity (Wildman–Crippen MR) is 143 cm³/mol. The van der Waals surface area contributed by atoms with Crippen LogP contribution in [0.2, 0.25) is 0 Å². The van der Waals surface area contributed by atoms with E-state index in [0.717, 1.165) is 43.1 Å². The molecule has 0 N–H and O–H groups in total. The van der Waals surface area contributed by atoms with E-state index in [-0.39, 0.29) is 5.82 Å². The van der Waals surface area contributed by atoms with Crippen molar-refractivity contribution in [3.05, 3.63) is 118 Å². The Kier molecular flexibility index (Phi) is 8.16. The van der Waals surface area contributed by atoms with Crippen molar-refractivity contribution in [2.24, 2.45) is 0 Å². The van der Waals surface area contributed by atoms with Crippen molar-refractivity contribution >= 4 is 10.8 Å². The summed E-state index contributed by atoms with van der Waals surface area (Å²) in [5, 5.41) is 1.56. The minimum Gasteiger partial charge on any atom is -0.205 e. The third-order valence-electron chi connectivity index (χ3n) is 6.40. The Morgan fingerprint density at radius 2 is 1.21 bits per heavy atom. The van der Waals surface area contributed by atoms with Crippen molar-refractivity contribution in [1.82, 2.24) is 0 Å². The van der Waals surface area contributed by atoms with E-state index >= 15 is 4.39 Å². The maximum atomic E-state index is 15.1. The standard InChI is InChI=1S/C33H33F/c1-3-5-7-26-10-14-27(15-11-26)16-17-29-19-23-32-31(24-29)22-21-30(33(32)34)20-18-28-12-8-25(6-4-2)9-13-28/h8-15,19,21-24H,3-7,16-17H2,1-2H3. The van der Waals surface area contributed by atoms with Crippen LogP contribution in [0.5, 0.6) is 0 Å². The van der Waals surface area contributed by atoms with Gasteiger partial charge in [0, 0.05) is 10.9 Å². The Labute approximate surface area is 203 Å². The van der Waals surface area contributed by atoms with E-state index in [1.54, 1.807) is 6.07 Å². The molecule has 0 amide bonds. The topological polar surface area (TPSA) is 0 Å². The van der Waals surface area contributed by atoms with Gasteiger partial charge in [-0.25, -0.2) is 4.39 Å². The van der Waals surface area contributed by atoms with Gasteiger partial charge in [-0.3, -0.25) is 0 Å². The Morgan fingerprint density at radius 3 is 1.91 bits per heavy atom. The largest absolute Gasteiger partial charge is 0.205 e. The van der Waals surface area contributed by atoms with Crippen LogP contribution < -0.4 is 0 Å². The van der Waals surface area contributed by atoms with Crippen LogP contribution in [0.3, 0.4) is 0 Å². The van der Waals surface area contributed by atoms with Crippen molar-refractivity contribution in [2.45, 2.75) is 58.8 Å². The van der Waals surface area contributed by atoms with Gasteiger partial charge in [-0.2, -0.15) is 0 Å². The summed E-state index contributed by atoms with van der Waals surface area (Å²) >= 11 is 0. The molecule has 0 saturated heterocycles. The first-order valence-electron chi connectivity index (χ1n) is 12.6. The summed E-state index contributed by atoms with van der Waals surface area (Å²) in [7, 11) is 0. The fourth-order valence-corrected chi connectivity index (χ4v) is 4.32. The highest BCUT2D eigenvalue weighted by molar-refractivity contribution is 5.85. The number of benzene rings is 4. The second kappa shape index (κ2) is 11.7. The van der Waals surface area contributed by atoms with E-state index < -0.39 is 0 Å². The molecule has 34 heavy (non-hydrogen) atoms. The van der Waals surface area contributed by atoms with Crippen LogP contribution in [-0.2, 0) is 25.7 Å². The highest BCUT2D eigenvalue weighted by Crippen LogP contribution is 2.23. The molecule has 4 rings (SSSR count). The van der Waals surface area contributed by atoms with Crippen LogP contribution in [0.4, 0.5) is 4.39 Å². The molecular weight excluding hydrogens is 415 g/mol. The van der Waals surface area contributed by atoms with E-state index in [1.165, 1.54) is 35.1 Å². The first kappa shape index (κ1) is 23.8. The fraction of sp³-hybridized carbons (Fsp3) is 0.273. The van der Waals surface area contributed by atoms with Gasteiger partial charge in [-0.15, -0.1) is 0 Å². The molecule has 0 aliphatic carbocycles. The summed E-state index contributed by atoms with van der Waals surface area (Å²) in [6.07, 6.45) is 7.76. The Morgan fingerprint density at radius 1 is 0.588 bits per heavy atom. The van der Waals surface area contributed by atoms with Gasteiger partial charge in [0.15, 0.2) is 0 Å². The molecule has 0 atom stereocenters. The summed E-state index contributed by atoms with van der Waals surface area (Å²) in [5.41, 5.74) is 6.66. The maximum Gasteiger partial charge on any atom is 0.146 e. The third kappa shape index (κ3) is 6.15. The number of rotatable bonds is 8. The molecule has 0 radical (unpaired) electrons. The Balaban J connectivity index is 1.44. The molecule has 0 unspecified atom stereocenters. The zero-order valence-corrected chi connectivity index (χ0v) is 20.3. The summed E-state index contributed by atoms with van der Waals surface area (Å²) in [6.45, 7) is 4.40. The monoisotopic (exact) mass is 448 g/mol. The molecule has 0 aromatic heterocycles. The zero-order chi connectivity index (χ0) is 23.8. The second-order valence-corrected chi connectivity index (χ2v) is 9.10. The molecule has 0 aliphatic rings. The number of fused-ring (bicyclic) bond motifs is 1. The fourth-order valence-electron chi connectivity index (χ4n) is 4.32. The quantitative estimate of drug-likeness (QED) is 0.237. The van der Waals surface area contributed by atoms with Crippen LogP contribution in [0.1, 0.15) is 66.5 Å². The number of hydrogen-bond donors (Lipinski definition) is 0. The van der Waals surface area contributed by atoms with Crippen LogP contribution in [0, 0.1) is 17.7 Å². The lowest BCUT2D eigenvalue weighted by Crippen LogP contribution is -1.94. The van der Waals surface area contributed by atoms with Gasteiger partial charge in [0.1, 0.15) is 5.82 Å². The highest BCUT2D eigenvalue weighted by Gasteiger charge is 2.07. The van der Waals surface area contributed by atoms with Gasteiger partial charge in [-0.05, 0) is 77.9 Å². The number of halogens is 1. The summed E-state index contributed by atoms with van der Waals surface area (Å²) in [5.74, 6) is 5.90. The SMILES string of the molecule is CCCCc1ccc(CCc2ccc3c(F)c(C#Cc4ccc(CCC)cc4)ccc3c2)cc1. The van der Waals surface area contributed by atoms with Gasteiger partial charge in [0.05, 0.1) is 5.56 Å². The van der Waals surface area contributed by atoms with Crippen LogP contribution in [-0.4, -0.2) is 0 Å². The first-order valence-corrected chi connectivity index (χ1v) is 12.6. The summed E-state index contributed by atoms with van der Waals surface area (Å²) in [4.78, 5) is 0. The highest BCUT2D eigenvalue weighted by atomic mass is 19.1. The minimum absolute atomic E-state index is 0.234. The normalized spacial score (nSPS) is 10.8. The van der Waals surface area contributed by atoms with E-state index in [4.69, 9.17) is 0 Å². The van der Waals surface area contributed by atoms with E-state index in [0.29, 0.717) is 10.9 Å². The number of hydrogen-bond acceptors (Lipinski definition) is 0. The van der Waals surface area contributed by atoms with E-state index in [1.807, 2.05) is 30.3 Å². The average Bonchev–Trinajstić information content (AvgIpc) is 2.87. The van der Waals surface area contributed by atoms with E-state index in [9.17, 15) is 0 Å². The second-order valence-electron chi connectivity index (χ2n) is 9.10. The molecule has 0 nitrogen and oxygen atoms in total. The van der Waals surface area contributed by atoms with Crippen molar-refractivity contribution < 1.29 is 4.39 Å². The summed E-state index contributed by atoms with van der Waals surface area (Å²) < 4.78 is 15.1.